The van der Waals surface area contributed by atoms with Gasteiger partial charge in [0.2, 0.25) is 11.8 Å². The maximum Gasteiger partial charge on any atom is 0.244 e. The Balaban J connectivity index is 1.54. The first-order chi connectivity index (χ1) is 16.0. The smallest absolute Gasteiger partial charge is 0.244 e. The Kier molecular flexibility index (Phi) is 9.63. The molecule has 3 rings (SSSR count). The highest BCUT2D eigenvalue weighted by Gasteiger charge is 2.29. The van der Waals surface area contributed by atoms with E-state index in [2.05, 4.69) is 17.1 Å². The predicted molar refractivity (Wildman–Crippen MR) is 128 cm³/mol. The molecule has 0 bridgehead atoms. The topological polar surface area (TPSA) is 82.1 Å². The van der Waals surface area contributed by atoms with E-state index in [0.717, 1.165) is 47.7 Å². The van der Waals surface area contributed by atoms with Gasteiger partial charge in [0.05, 0.1) is 12.3 Å². The Morgan fingerprint density at radius 3 is 2.55 bits per heavy atom. The van der Waals surface area contributed by atoms with Gasteiger partial charge < -0.3 is 14.5 Å². The number of hydrogen-bond donors (Lipinski definition) is 2. The fraction of sp³-hybridized carbons (Fsp3) is 0.520. The van der Waals surface area contributed by atoms with Gasteiger partial charge in [0.15, 0.2) is 0 Å². The summed E-state index contributed by atoms with van der Waals surface area (Å²) in [6, 6.07) is 7.95. The van der Waals surface area contributed by atoms with Crippen molar-refractivity contribution in [1.82, 2.24) is 15.3 Å². The Hall–Kier alpha value is -2.51. The zero-order chi connectivity index (χ0) is 23.6. The van der Waals surface area contributed by atoms with Crippen LogP contribution in [0.4, 0.5) is 0 Å². The van der Waals surface area contributed by atoms with Crippen LogP contribution in [0.15, 0.2) is 47.1 Å². The summed E-state index contributed by atoms with van der Waals surface area (Å²) in [4.78, 5) is 29.1. The van der Waals surface area contributed by atoms with Crippen LogP contribution in [0.1, 0.15) is 44.6 Å². The van der Waals surface area contributed by atoms with E-state index in [1.165, 1.54) is 0 Å². The number of benzene rings is 1. The van der Waals surface area contributed by atoms with Crippen LogP contribution >= 0.6 is 11.6 Å². The highest BCUT2D eigenvalue weighted by molar-refractivity contribution is 6.30. The molecule has 1 aliphatic heterocycles. The van der Waals surface area contributed by atoms with Crippen molar-refractivity contribution in [2.24, 2.45) is 5.92 Å². The van der Waals surface area contributed by atoms with Crippen molar-refractivity contribution in [1.29, 1.82) is 0 Å². The zero-order valence-electron chi connectivity index (χ0n) is 19.3. The van der Waals surface area contributed by atoms with Crippen molar-refractivity contribution in [3.05, 3.63) is 52.7 Å². The molecule has 1 atom stereocenters. The van der Waals surface area contributed by atoms with Gasteiger partial charge in [0.1, 0.15) is 5.75 Å². The van der Waals surface area contributed by atoms with E-state index in [1.807, 2.05) is 36.1 Å². The molecule has 1 fully saturated rings. The van der Waals surface area contributed by atoms with Gasteiger partial charge in [0.25, 0.3) is 0 Å². The monoisotopic (exact) mass is 475 g/mol. The number of hydroxylamine groups is 1. The van der Waals surface area contributed by atoms with E-state index < -0.39 is 11.8 Å². The van der Waals surface area contributed by atoms with Crippen LogP contribution in [0.5, 0.6) is 5.75 Å². The second-order valence-electron chi connectivity index (χ2n) is 8.45. The summed E-state index contributed by atoms with van der Waals surface area (Å²) in [5.74, 6) is -0.167. The molecule has 180 valence electrons. The number of hydrogen-bond acceptors (Lipinski definition) is 5. The Morgan fingerprint density at radius 2 is 1.91 bits per heavy atom. The fourth-order valence-corrected chi connectivity index (χ4v) is 4.67. The molecule has 2 amide bonds. The summed E-state index contributed by atoms with van der Waals surface area (Å²) in [7, 11) is 0. The summed E-state index contributed by atoms with van der Waals surface area (Å²) in [6.07, 6.45) is 8.18. The van der Waals surface area contributed by atoms with Gasteiger partial charge in [0, 0.05) is 43.6 Å². The first-order valence-electron chi connectivity index (χ1n) is 11.8. The SMILES string of the molecule is CCOc1ccc(CCC[C@H](CC(=O)NO)C(=O)N2CCN(C3=C(Cl)CCC=C3)CC2)cc1. The molecule has 1 aromatic rings. The second-order valence-corrected chi connectivity index (χ2v) is 8.90. The van der Waals surface area contributed by atoms with E-state index in [1.54, 1.807) is 5.48 Å². The fourth-order valence-electron chi connectivity index (χ4n) is 4.38. The lowest BCUT2D eigenvalue weighted by Gasteiger charge is -2.38. The van der Waals surface area contributed by atoms with Crippen molar-refractivity contribution < 1.29 is 19.5 Å². The van der Waals surface area contributed by atoms with Crippen molar-refractivity contribution >= 4 is 23.4 Å². The van der Waals surface area contributed by atoms with Crippen LogP contribution in [0.2, 0.25) is 0 Å². The molecule has 0 radical (unpaired) electrons. The van der Waals surface area contributed by atoms with Gasteiger partial charge in [-0.3, -0.25) is 14.8 Å². The third kappa shape index (κ3) is 7.24. The number of allylic oxidation sites excluding steroid dienone is 3. The molecule has 1 aromatic carbocycles. The van der Waals surface area contributed by atoms with Gasteiger partial charge in [-0.05, 0) is 62.8 Å². The summed E-state index contributed by atoms with van der Waals surface area (Å²) >= 11 is 6.40. The maximum atomic E-state index is 13.2. The van der Waals surface area contributed by atoms with Gasteiger partial charge in [-0.25, -0.2) is 5.48 Å². The molecule has 1 aliphatic carbocycles. The maximum absolute atomic E-state index is 13.2. The van der Waals surface area contributed by atoms with Gasteiger partial charge >= 0.3 is 0 Å². The van der Waals surface area contributed by atoms with Crippen LogP contribution in [0.25, 0.3) is 0 Å². The lowest BCUT2D eigenvalue weighted by Crippen LogP contribution is -2.50. The van der Waals surface area contributed by atoms with Crippen molar-refractivity contribution in [3.8, 4) is 5.75 Å². The lowest BCUT2D eigenvalue weighted by molar-refractivity contribution is -0.141. The van der Waals surface area contributed by atoms with E-state index in [4.69, 9.17) is 21.5 Å². The van der Waals surface area contributed by atoms with Crippen molar-refractivity contribution in [3.63, 3.8) is 0 Å². The average Bonchev–Trinajstić information content (AvgIpc) is 2.84. The number of carbonyl (C=O) groups excluding carboxylic acids is 2. The van der Waals surface area contributed by atoms with Crippen LogP contribution in [-0.4, -0.2) is 59.6 Å². The van der Waals surface area contributed by atoms with Crippen LogP contribution in [-0.2, 0) is 16.0 Å². The van der Waals surface area contributed by atoms with Gasteiger partial charge in [-0.15, -0.1) is 0 Å². The largest absolute Gasteiger partial charge is 0.494 e. The van der Waals surface area contributed by atoms with E-state index in [9.17, 15) is 9.59 Å². The molecule has 33 heavy (non-hydrogen) atoms. The van der Waals surface area contributed by atoms with Crippen LogP contribution in [0.3, 0.4) is 0 Å². The van der Waals surface area contributed by atoms with E-state index in [-0.39, 0.29) is 12.3 Å². The molecule has 0 aromatic heterocycles. The Bertz CT molecular complexity index is 861. The first-order valence-corrected chi connectivity index (χ1v) is 12.1. The quantitative estimate of drug-likeness (QED) is 0.396. The van der Waals surface area contributed by atoms with E-state index >= 15 is 0 Å². The molecule has 2 N–H and O–H groups in total. The van der Waals surface area contributed by atoms with Gasteiger partial charge in [-0.2, -0.15) is 0 Å². The summed E-state index contributed by atoms with van der Waals surface area (Å²) in [6.45, 7) is 5.20. The van der Waals surface area contributed by atoms with Gasteiger partial charge in [-0.1, -0.05) is 29.8 Å². The lowest BCUT2D eigenvalue weighted by atomic mass is 9.94. The standard InChI is InChI=1S/C25H34ClN3O4/c1-2-33-21-12-10-19(11-13-21)6-5-7-20(18-24(30)27-32)25(31)29-16-14-28(15-17-29)23-9-4-3-8-22(23)26/h4,9-13,20,32H,2-3,5-8,14-18H2,1H3,(H,27,30)/t20-/m1/s1. The number of rotatable bonds is 10. The molecular formula is C25H34ClN3O4. The number of carbonyl (C=O) groups is 2. The molecule has 0 unspecified atom stereocenters. The number of aryl methyl sites for hydroxylation is 1. The van der Waals surface area contributed by atoms with Crippen LogP contribution in [0, 0.1) is 5.92 Å². The molecule has 0 saturated carbocycles. The number of ether oxygens (including phenoxy) is 1. The summed E-state index contributed by atoms with van der Waals surface area (Å²) in [5, 5.41) is 9.86. The Labute approximate surface area is 201 Å². The predicted octanol–water partition coefficient (Wildman–Crippen LogP) is 3.86. The molecule has 7 nitrogen and oxygen atoms in total. The Morgan fingerprint density at radius 1 is 1.18 bits per heavy atom. The normalized spacial score (nSPS) is 17.2. The second kappa shape index (κ2) is 12.7. The van der Waals surface area contributed by atoms with E-state index in [0.29, 0.717) is 39.2 Å². The zero-order valence-corrected chi connectivity index (χ0v) is 20.0. The minimum absolute atomic E-state index is 0.0153. The molecule has 2 aliphatic rings. The minimum Gasteiger partial charge on any atom is -0.494 e. The summed E-state index contributed by atoms with van der Waals surface area (Å²) < 4.78 is 5.47. The number of halogens is 1. The average molecular weight is 476 g/mol. The number of piperazine rings is 1. The van der Waals surface area contributed by atoms with Crippen LogP contribution < -0.4 is 10.2 Å². The highest BCUT2D eigenvalue weighted by Crippen LogP contribution is 2.27. The van der Waals surface area contributed by atoms with Crippen molar-refractivity contribution in [2.75, 3.05) is 32.8 Å². The molecular weight excluding hydrogens is 442 g/mol. The molecule has 8 heteroatoms. The third-order valence-electron chi connectivity index (χ3n) is 6.17. The van der Waals surface area contributed by atoms with Crippen molar-refractivity contribution in [2.45, 2.75) is 45.4 Å². The highest BCUT2D eigenvalue weighted by atomic mass is 35.5. The number of nitrogens with zero attached hydrogens (tertiary/aromatic N) is 2. The first kappa shape index (κ1) is 25.1. The number of nitrogens with one attached hydrogen (secondary N) is 1. The minimum atomic E-state index is -0.530. The molecule has 1 saturated heterocycles. The molecule has 0 spiro atoms. The molecule has 1 heterocycles. The number of amides is 2. The summed E-state index contributed by atoms with van der Waals surface area (Å²) in [5.41, 5.74) is 3.89. The third-order valence-corrected chi connectivity index (χ3v) is 6.56.